The summed E-state index contributed by atoms with van der Waals surface area (Å²) in [5.74, 6) is 0. The van der Waals surface area contributed by atoms with E-state index in [2.05, 4.69) is 25.7 Å². The van der Waals surface area contributed by atoms with Crippen LogP contribution in [0.15, 0.2) is 0 Å². The van der Waals surface area contributed by atoms with Gasteiger partial charge in [-0.2, -0.15) is 0 Å². The summed E-state index contributed by atoms with van der Waals surface area (Å²) in [7, 11) is 7.91. The van der Waals surface area contributed by atoms with E-state index in [1.54, 1.807) is 0 Å². The molecule has 5 nitrogen and oxygen atoms in total. The predicted octanol–water partition coefficient (Wildman–Crippen LogP) is 1.50. The van der Waals surface area contributed by atoms with E-state index >= 15 is 0 Å². The molecule has 0 aromatic heterocycles. The standard InChI is InChI=1S/C13H29N3O2/c1-13(2,3)11(15(6)7)10-16(12(17)18)9-8-14(4)5/h11H,8-10H2,1-7H3,(H,17,18). The summed E-state index contributed by atoms with van der Waals surface area (Å²) < 4.78 is 0. The summed E-state index contributed by atoms with van der Waals surface area (Å²) in [6.45, 7) is 8.26. The third kappa shape index (κ3) is 6.21. The first kappa shape index (κ1) is 17.2. The Kier molecular flexibility index (Phi) is 6.63. The van der Waals surface area contributed by atoms with Gasteiger partial charge in [-0.1, -0.05) is 20.8 Å². The van der Waals surface area contributed by atoms with Crippen LogP contribution in [0.1, 0.15) is 20.8 Å². The molecule has 18 heavy (non-hydrogen) atoms. The maximum Gasteiger partial charge on any atom is 0.407 e. The van der Waals surface area contributed by atoms with Crippen LogP contribution in [0.25, 0.3) is 0 Å². The average Bonchev–Trinajstić information content (AvgIpc) is 2.13. The number of rotatable bonds is 6. The predicted molar refractivity (Wildman–Crippen MR) is 75.1 cm³/mol. The van der Waals surface area contributed by atoms with Gasteiger partial charge in [0.15, 0.2) is 0 Å². The molecule has 1 amide bonds. The van der Waals surface area contributed by atoms with Gasteiger partial charge in [-0.25, -0.2) is 4.79 Å². The largest absolute Gasteiger partial charge is 0.465 e. The van der Waals surface area contributed by atoms with Crippen LogP contribution < -0.4 is 0 Å². The molecule has 5 heteroatoms. The summed E-state index contributed by atoms with van der Waals surface area (Å²) in [6.07, 6.45) is -0.840. The number of carboxylic acid groups (broad SMARTS) is 1. The third-order valence-electron chi connectivity index (χ3n) is 3.10. The van der Waals surface area contributed by atoms with E-state index in [1.807, 2.05) is 33.1 Å². The minimum absolute atomic E-state index is 0.0509. The van der Waals surface area contributed by atoms with Crippen LogP contribution in [0, 0.1) is 5.41 Å². The van der Waals surface area contributed by atoms with Gasteiger partial charge in [0.05, 0.1) is 0 Å². The number of likely N-dealkylation sites (N-methyl/N-ethyl adjacent to an activating group) is 2. The molecule has 0 fully saturated rings. The van der Waals surface area contributed by atoms with E-state index in [4.69, 9.17) is 0 Å². The number of carbonyl (C=O) groups is 1. The van der Waals surface area contributed by atoms with E-state index in [9.17, 15) is 9.90 Å². The van der Waals surface area contributed by atoms with E-state index in [0.29, 0.717) is 13.1 Å². The van der Waals surface area contributed by atoms with Gasteiger partial charge in [0, 0.05) is 25.7 Å². The molecule has 1 N–H and O–H groups in total. The Bertz CT molecular complexity index is 259. The lowest BCUT2D eigenvalue weighted by Gasteiger charge is -2.39. The number of amides is 1. The van der Waals surface area contributed by atoms with Gasteiger partial charge in [-0.3, -0.25) is 0 Å². The molecule has 0 heterocycles. The zero-order valence-electron chi connectivity index (χ0n) is 12.9. The molecule has 0 aromatic carbocycles. The summed E-state index contributed by atoms with van der Waals surface area (Å²) in [5.41, 5.74) is 0.0509. The Hall–Kier alpha value is -0.810. The molecule has 0 radical (unpaired) electrons. The maximum atomic E-state index is 11.3. The Labute approximate surface area is 111 Å². The van der Waals surface area contributed by atoms with E-state index in [1.165, 1.54) is 4.90 Å². The molecular weight excluding hydrogens is 230 g/mol. The number of hydrogen-bond donors (Lipinski definition) is 1. The van der Waals surface area contributed by atoms with E-state index < -0.39 is 6.09 Å². The molecule has 1 unspecified atom stereocenters. The molecule has 0 saturated heterocycles. The molecule has 108 valence electrons. The Balaban J connectivity index is 4.68. The Morgan fingerprint density at radius 1 is 1.11 bits per heavy atom. The second-order valence-electron chi connectivity index (χ2n) is 6.38. The summed E-state index contributed by atoms with van der Waals surface area (Å²) in [5, 5.41) is 9.27. The lowest BCUT2D eigenvalue weighted by atomic mass is 9.85. The van der Waals surface area contributed by atoms with Gasteiger partial charge in [-0.15, -0.1) is 0 Å². The van der Waals surface area contributed by atoms with Crippen LogP contribution >= 0.6 is 0 Å². The SMILES string of the molecule is CN(C)CCN(CC(N(C)C)C(C)(C)C)C(=O)O. The fourth-order valence-electron chi connectivity index (χ4n) is 2.01. The lowest BCUT2D eigenvalue weighted by molar-refractivity contribution is 0.0865. The summed E-state index contributed by atoms with van der Waals surface area (Å²) in [6, 6.07) is 0.204. The first-order valence-electron chi connectivity index (χ1n) is 6.34. The fourth-order valence-corrected chi connectivity index (χ4v) is 2.01. The normalized spacial score (nSPS) is 14.1. The summed E-state index contributed by atoms with van der Waals surface area (Å²) in [4.78, 5) is 16.9. The van der Waals surface area contributed by atoms with Gasteiger partial charge in [-0.05, 0) is 33.6 Å². The van der Waals surface area contributed by atoms with Crippen LogP contribution in [0.5, 0.6) is 0 Å². The molecule has 0 aromatic rings. The van der Waals surface area contributed by atoms with Crippen LogP contribution in [-0.2, 0) is 0 Å². The minimum atomic E-state index is -0.840. The van der Waals surface area contributed by atoms with Crippen molar-refractivity contribution in [1.82, 2.24) is 14.7 Å². The van der Waals surface area contributed by atoms with Crippen molar-refractivity contribution in [3.8, 4) is 0 Å². The zero-order valence-corrected chi connectivity index (χ0v) is 12.9. The topological polar surface area (TPSA) is 47.0 Å². The molecule has 1 atom stereocenters. The van der Waals surface area contributed by atoms with Gasteiger partial charge in [0.1, 0.15) is 0 Å². The average molecular weight is 259 g/mol. The van der Waals surface area contributed by atoms with Crippen molar-refractivity contribution >= 4 is 6.09 Å². The highest BCUT2D eigenvalue weighted by Gasteiger charge is 2.29. The van der Waals surface area contributed by atoms with E-state index in [0.717, 1.165) is 6.54 Å². The third-order valence-corrected chi connectivity index (χ3v) is 3.10. The monoisotopic (exact) mass is 259 g/mol. The molecule has 0 aliphatic carbocycles. The number of nitrogens with zero attached hydrogens (tertiary/aromatic N) is 3. The lowest BCUT2D eigenvalue weighted by Crippen LogP contribution is -2.50. The van der Waals surface area contributed by atoms with Crippen LogP contribution in [0.3, 0.4) is 0 Å². The van der Waals surface area contributed by atoms with Gasteiger partial charge in [0.2, 0.25) is 0 Å². The van der Waals surface area contributed by atoms with Gasteiger partial charge >= 0.3 is 6.09 Å². The van der Waals surface area contributed by atoms with Crippen molar-refractivity contribution in [2.45, 2.75) is 26.8 Å². The van der Waals surface area contributed by atoms with Crippen molar-refractivity contribution in [2.75, 3.05) is 47.8 Å². The van der Waals surface area contributed by atoms with Crippen molar-refractivity contribution in [1.29, 1.82) is 0 Å². The molecule has 0 rings (SSSR count). The molecule has 0 spiro atoms. The smallest absolute Gasteiger partial charge is 0.407 e. The molecular formula is C13H29N3O2. The Morgan fingerprint density at radius 2 is 1.61 bits per heavy atom. The minimum Gasteiger partial charge on any atom is -0.465 e. The van der Waals surface area contributed by atoms with Gasteiger partial charge in [0.25, 0.3) is 0 Å². The number of hydrogen-bond acceptors (Lipinski definition) is 3. The highest BCUT2D eigenvalue weighted by Crippen LogP contribution is 2.23. The molecule has 0 aliphatic rings. The highest BCUT2D eigenvalue weighted by atomic mass is 16.4. The Morgan fingerprint density at radius 3 is 1.89 bits per heavy atom. The molecule has 0 aliphatic heterocycles. The van der Waals surface area contributed by atoms with Crippen LogP contribution in [0.4, 0.5) is 4.79 Å². The second-order valence-corrected chi connectivity index (χ2v) is 6.38. The van der Waals surface area contributed by atoms with Gasteiger partial charge < -0.3 is 19.8 Å². The highest BCUT2D eigenvalue weighted by molar-refractivity contribution is 5.65. The first-order valence-corrected chi connectivity index (χ1v) is 6.34. The van der Waals surface area contributed by atoms with E-state index in [-0.39, 0.29) is 11.5 Å². The molecule has 0 bridgehead atoms. The summed E-state index contributed by atoms with van der Waals surface area (Å²) >= 11 is 0. The maximum absolute atomic E-state index is 11.3. The van der Waals surface area contributed by atoms with Crippen molar-refractivity contribution < 1.29 is 9.90 Å². The van der Waals surface area contributed by atoms with Crippen LogP contribution in [-0.4, -0.2) is 79.8 Å². The van der Waals surface area contributed by atoms with Crippen molar-refractivity contribution in [3.63, 3.8) is 0 Å². The zero-order chi connectivity index (χ0) is 14.5. The van der Waals surface area contributed by atoms with Crippen LogP contribution in [0.2, 0.25) is 0 Å². The molecule has 0 saturated carbocycles. The van der Waals surface area contributed by atoms with Crippen molar-refractivity contribution in [3.05, 3.63) is 0 Å². The second kappa shape index (κ2) is 6.95. The first-order chi connectivity index (χ1) is 8.05. The van der Waals surface area contributed by atoms with Crippen molar-refractivity contribution in [2.24, 2.45) is 5.41 Å². The fraction of sp³-hybridized carbons (Fsp3) is 0.923. The quantitative estimate of drug-likeness (QED) is 0.785.